The Morgan fingerprint density at radius 3 is 3.11 bits per heavy atom. The summed E-state index contributed by atoms with van der Waals surface area (Å²) in [4.78, 5) is 6.53. The number of nitrogens with zero attached hydrogens (tertiary/aromatic N) is 3. The van der Waals surface area contributed by atoms with Gasteiger partial charge in [-0.1, -0.05) is 5.16 Å². The number of aryl methyl sites for hydroxylation is 2. The van der Waals surface area contributed by atoms with Gasteiger partial charge in [0.25, 0.3) is 0 Å². The van der Waals surface area contributed by atoms with Gasteiger partial charge < -0.3 is 15.2 Å². The summed E-state index contributed by atoms with van der Waals surface area (Å²) in [6, 6.07) is 6.08. The molecule has 2 heterocycles. The third kappa shape index (κ3) is 2.03. The zero-order valence-corrected chi connectivity index (χ0v) is 10.4. The molecule has 0 amide bonds. The molecule has 1 aliphatic rings. The SMILES string of the molecule is Cc1nc(CN2CCCc3cc(N)ccc32)no1. The second-order valence-corrected chi connectivity index (χ2v) is 4.64. The Hall–Kier alpha value is -2.04. The number of aromatic nitrogens is 2. The maximum absolute atomic E-state index is 5.82. The van der Waals surface area contributed by atoms with E-state index in [-0.39, 0.29) is 0 Å². The van der Waals surface area contributed by atoms with E-state index in [1.54, 1.807) is 6.92 Å². The Balaban J connectivity index is 1.87. The van der Waals surface area contributed by atoms with E-state index in [9.17, 15) is 0 Å². The van der Waals surface area contributed by atoms with Gasteiger partial charge in [0.2, 0.25) is 5.89 Å². The van der Waals surface area contributed by atoms with Crippen molar-refractivity contribution in [1.82, 2.24) is 10.1 Å². The van der Waals surface area contributed by atoms with E-state index in [1.807, 2.05) is 6.07 Å². The van der Waals surface area contributed by atoms with Crippen molar-refractivity contribution in [2.45, 2.75) is 26.3 Å². The first-order valence-electron chi connectivity index (χ1n) is 6.15. The van der Waals surface area contributed by atoms with Gasteiger partial charge in [0.05, 0.1) is 6.54 Å². The zero-order chi connectivity index (χ0) is 12.5. The Labute approximate surface area is 106 Å². The Morgan fingerprint density at radius 2 is 2.33 bits per heavy atom. The lowest BCUT2D eigenvalue weighted by molar-refractivity contribution is 0.386. The fourth-order valence-corrected chi connectivity index (χ4v) is 2.44. The first-order chi connectivity index (χ1) is 8.72. The van der Waals surface area contributed by atoms with E-state index < -0.39 is 0 Å². The quantitative estimate of drug-likeness (QED) is 0.817. The Kier molecular flexibility index (Phi) is 2.66. The molecule has 3 rings (SSSR count). The minimum Gasteiger partial charge on any atom is -0.399 e. The maximum Gasteiger partial charge on any atom is 0.223 e. The normalized spacial score (nSPS) is 14.6. The van der Waals surface area contributed by atoms with Crippen molar-refractivity contribution in [3.63, 3.8) is 0 Å². The van der Waals surface area contributed by atoms with Crippen LogP contribution in [0.2, 0.25) is 0 Å². The predicted octanol–water partition coefficient (Wildman–Crippen LogP) is 1.91. The number of hydrogen-bond donors (Lipinski definition) is 1. The van der Waals surface area contributed by atoms with Crippen LogP contribution in [0.5, 0.6) is 0 Å². The van der Waals surface area contributed by atoms with Gasteiger partial charge in [-0.05, 0) is 36.6 Å². The van der Waals surface area contributed by atoms with Crippen LogP contribution in [0.25, 0.3) is 0 Å². The van der Waals surface area contributed by atoms with E-state index in [0.29, 0.717) is 12.4 Å². The lowest BCUT2D eigenvalue weighted by Gasteiger charge is -2.30. The summed E-state index contributed by atoms with van der Waals surface area (Å²) in [6.45, 7) is 3.51. The van der Waals surface area contributed by atoms with Crippen LogP contribution < -0.4 is 10.6 Å². The van der Waals surface area contributed by atoms with Gasteiger partial charge in [0.15, 0.2) is 5.82 Å². The van der Waals surface area contributed by atoms with Crippen LogP contribution in [0.3, 0.4) is 0 Å². The molecule has 0 fully saturated rings. The van der Waals surface area contributed by atoms with Crippen molar-refractivity contribution in [1.29, 1.82) is 0 Å². The van der Waals surface area contributed by atoms with Crippen LogP contribution in [0.4, 0.5) is 11.4 Å². The van der Waals surface area contributed by atoms with Crippen LogP contribution >= 0.6 is 0 Å². The molecule has 0 spiro atoms. The highest BCUT2D eigenvalue weighted by molar-refractivity contribution is 5.61. The van der Waals surface area contributed by atoms with Crippen molar-refractivity contribution < 1.29 is 4.52 Å². The summed E-state index contributed by atoms with van der Waals surface area (Å²) in [6.07, 6.45) is 2.22. The highest BCUT2D eigenvalue weighted by Crippen LogP contribution is 2.29. The van der Waals surface area contributed by atoms with E-state index in [2.05, 4.69) is 27.2 Å². The van der Waals surface area contributed by atoms with Gasteiger partial charge in [-0.3, -0.25) is 0 Å². The van der Waals surface area contributed by atoms with Crippen molar-refractivity contribution in [2.75, 3.05) is 17.2 Å². The molecule has 2 aromatic rings. The van der Waals surface area contributed by atoms with Crippen LogP contribution in [0.15, 0.2) is 22.7 Å². The van der Waals surface area contributed by atoms with E-state index in [0.717, 1.165) is 30.9 Å². The molecule has 5 nitrogen and oxygen atoms in total. The summed E-state index contributed by atoms with van der Waals surface area (Å²) in [7, 11) is 0. The second kappa shape index (κ2) is 4.33. The van der Waals surface area contributed by atoms with Crippen LogP contribution in [0.1, 0.15) is 23.7 Å². The van der Waals surface area contributed by atoms with Crippen LogP contribution in [0, 0.1) is 6.92 Å². The molecular weight excluding hydrogens is 228 g/mol. The van der Waals surface area contributed by atoms with Gasteiger partial charge in [-0.25, -0.2) is 0 Å². The Bertz CT molecular complexity index is 564. The van der Waals surface area contributed by atoms with E-state index in [1.165, 1.54) is 11.3 Å². The van der Waals surface area contributed by atoms with E-state index in [4.69, 9.17) is 10.3 Å². The van der Waals surface area contributed by atoms with Crippen LogP contribution in [-0.2, 0) is 13.0 Å². The molecule has 0 bridgehead atoms. The number of benzene rings is 1. The van der Waals surface area contributed by atoms with Crippen molar-refractivity contribution >= 4 is 11.4 Å². The summed E-state index contributed by atoms with van der Waals surface area (Å²) in [5.41, 5.74) is 9.19. The molecular formula is C13H16N4O. The smallest absolute Gasteiger partial charge is 0.223 e. The zero-order valence-electron chi connectivity index (χ0n) is 10.4. The lowest BCUT2D eigenvalue weighted by Crippen LogP contribution is -2.29. The van der Waals surface area contributed by atoms with Gasteiger partial charge in [-0.15, -0.1) is 0 Å². The average molecular weight is 244 g/mol. The second-order valence-electron chi connectivity index (χ2n) is 4.64. The number of nitrogen functional groups attached to an aromatic ring is 1. The van der Waals surface area contributed by atoms with E-state index >= 15 is 0 Å². The third-order valence-electron chi connectivity index (χ3n) is 3.22. The minimum absolute atomic E-state index is 0.611. The van der Waals surface area contributed by atoms with Crippen molar-refractivity contribution in [3.05, 3.63) is 35.5 Å². The number of fused-ring (bicyclic) bond motifs is 1. The van der Waals surface area contributed by atoms with Gasteiger partial charge in [0.1, 0.15) is 0 Å². The molecule has 0 radical (unpaired) electrons. The summed E-state index contributed by atoms with van der Waals surface area (Å²) < 4.78 is 5.01. The molecule has 1 aromatic carbocycles. The largest absolute Gasteiger partial charge is 0.399 e. The van der Waals surface area contributed by atoms with Crippen molar-refractivity contribution in [2.24, 2.45) is 0 Å². The molecule has 2 N–H and O–H groups in total. The monoisotopic (exact) mass is 244 g/mol. The van der Waals surface area contributed by atoms with Crippen LogP contribution in [-0.4, -0.2) is 16.7 Å². The predicted molar refractivity (Wildman–Crippen MR) is 69.3 cm³/mol. The van der Waals surface area contributed by atoms with Crippen molar-refractivity contribution in [3.8, 4) is 0 Å². The van der Waals surface area contributed by atoms with Gasteiger partial charge in [-0.2, -0.15) is 4.98 Å². The molecule has 1 aromatic heterocycles. The molecule has 1 aliphatic heterocycles. The highest BCUT2D eigenvalue weighted by atomic mass is 16.5. The highest BCUT2D eigenvalue weighted by Gasteiger charge is 2.18. The maximum atomic E-state index is 5.82. The third-order valence-corrected chi connectivity index (χ3v) is 3.22. The molecule has 18 heavy (non-hydrogen) atoms. The Morgan fingerprint density at radius 1 is 1.44 bits per heavy atom. The van der Waals surface area contributed by atoms with Gasteiger partial charge >= 0.3 is 0 Å². The minimum atomic E-state index is 0.611. The summed E-state index contributed by atoms with van der Waals surface area (Å²) >= 11 is 0. The molecule has 94 valence electrons. The standard InChI is InChI=1S/C13H16N4O/c1-9-15-13(16-18-9)8-17-6-2-3-10-7-11(14)4-5-12(10)17/h4-5,7H,2-3,6,8,14H2,1H3. The number of anilines is 2. The first kappa shape index (κ1) is 11.1. The molecule has 0 aliphatic carbocycles. The molecule has 0 saturated carbocycles. The molecule has 0 atom stereocenters. The van der Waals surface area contributed by atoms with Gasteiger partial charge in [0, 0.05) is 24.8 Å². The molecule has 0 saturated heterocycles. The topological polar surface area (TPSA) is 68.2 Å². The average Bonchev–Trinajstić information content (AvgIpc) is 2.75. The number of rotatable bonds is 2. The number of nitrogens with two attached hydrogens (primary N) is 1. The summed E-state index contributed by atoms with van der Waals surface area (Å²) in [5.74, 6) is 1.34. The lowest BCUT2D eigenvalue weighted by atomic mass is 10.0. The molecule has 5 heteroatoms. The number of hydrogen-bond acceptors (Lipinski definition) is 5. The fourth-order valence-electron chi connectivity index (χ4n) is 2.44. The summed E-state index contributed by atoms with van der Waals surface area (Å²) in [5, 5.41) is 3.95. The first-order valence-corrected chi connectivity index (χ1v) is 6.15. The fraction of sp³-hybridized carbons (Fsp3) is 0.385. The molecule has 0 unspecified atom stereocenters.